The molecule has 4 heteroatoms. The first-order valence-electron chi connectivity index (χ1n) is 5.83. The fourth-order valence-electron chi connectivity index (χ4n) is 1.86. The minimum Gasteiger partial charge on any atom is -0.245 e. The summed E-state index contributed by atoms with van der Waals surface area (Å²) in [5, 5.41) is 12.9. The van der Waals surface area contributed by atoms with Crippen molar-refractivity contribution < 1.29 is 0 Å². The van der Waals surface area contributed by atoms with E-state index < -0.39 is 0 Å². The fraction of sp³-hybridized carbons (Fsp3) is 0. The zero-order valence-electron chi connectivity index (χ0n) is 10.1. The van der Waals surface area contributed by atoms with Gasteiger partial charge in [0.1, 0.15) is 11.8 Å². The van der Waals surface area contributed by atoms with Gasteiger partial charge in [-0.15, -0.1) is 0 Å². The van der Waals surface area contributed by atoms with Gasteiger partial charge in [-0.3, -0.25) is 0 Å². The largest absolute Gasteiger partial charge is 0.245 e. The van der Waals surface area contributed by atoms with E-state index in [4.69, 9.17) is 5.26 Å². The molecule has 1 aromatic carbocycles. The molecule has 0 aliphatic rings. The standard InChI is InChI=1S/C15H10N4/c16-10-14-5-2-13(11-17-14)12-3-6-15(7-4-12)19-9-1-8-18-19/h1-9,11H. The Morgan fingerprint density at radius 2 is 1.79 bits per heavy atom. The van der Waals surface area contributed by atoms with E-state index in [2.05, 4.69) is 10.1 Å². The smallest absolute Gasteiger partial charge is 0.140 e. The Morgan fingerprint density at radius 3 is 2.37 bits per heavy atom. The average Bonchev–Trinajstić information content (AvgIpc) is 3.02. The molecule has 0 N–H and O–H groups in total. The maximum Gasteiger partial charge on any atom is 0.140 e. The number of hydrogen-bond acceptors (Lipinski definition) is 3. The summed E-state index contributed by atoms with van der Waals surface area (Å²) in [6, 6.07) is 15.5. The molecule has 0 aliphatic carbocycles. The van der Waals surface area contributed by atoms with E-state index in [1.807, 2.05) is 48.7 Å². The normalized spacial score (nSPS) is 10.1. The van der Waals surface area contributed by atoms with Crippen molar-refractivity contribution in [3.63, 3.8) is 0 Å². The second kappa shape index (κ2) is 4.75. The monoisotopic (exact) mass is 246 g/mol. The Labute approximate surface area is 110 Å². The minimum atomic E-state index is 0.428. The van der Waals surface area contributed by atoms with Crippen molar-refractivity contribution in [3.8, 4) is 22.9 Å². The average molecular weight is 246 g/mol. The molecule has 0 saturated carbocycles. The molecule has 2 aromatic heterocycles. The minimum absolute atomic E-state index is 0.428. The number of hydrogen-bond donors (Lipinski definition) is 0. The van der Waals surface area contributed by atoms with E-state index in [0.29, 0.717) is 5.69 Å². The van der Waals surface area contributed by atoms with Gasteiger partial charge in [0.15, 0.2) is 0 Å². The lowest BCUT2D eigenvalue weighted by atomic mass is 10.1. The summed E-state index contributed by atoms with van der Waals surface area (Å²) < 4.78 is 1.81. The summed E-state index contributed by atoms with van der Waals surface area (Å²) in [6.07, 6.45) is 5.36. The molecule has 0 unspecified atom stereocenters. The molecule has 0 spiro atoms. The lowest BCUT2D eigenvalue weighted by molar-refractivity contribution is 0.881. The highest BCUT2D eigenvalue weighted by molar-refractivity contribution is 5.64. The molecule has 3 rings (SSSR count). The second-order valence-corrected chi connectivity index (χ2v) is 4.04. The van der Waals surface area contributed by atoms with Gasteiger partial charge in [-0.1, -0.05) is 12.1 Å². The second-order valence-electron chi connectivity index (χ2n) is 4.04. The van der Waals surface area contributed by atoms with Crippen LogP contribution in [0.15, 0.2) is 61.1 Å². The van der Waals surface area contributed by atoms with Crippen LogP contribution >= 0.6 is 0 Å². The maximum absolute atomic E-state index is 8.72. The van der Waals surface area contributed by atoms with Gasteiger partial charge in [0, 0.05) is 24.2 Å². The van der Waals surface area contributed by atoms with E-state index in [9.17, 15) is 0 Å². The summed E-state index contributed by atoms with van der Waals surface area (Å²) >= 11 is 0. The highest BCUT2D eigenvalue weighted by Crippen LogP contribution is 2.20. The van der Waals surface area contributed by atoms with E-state index in [1.54, 1.807) is 23.1 Å². The number of rotatable bonds is 2. The molecule has 0 bridgehead atoms. The van der Waals surface area contributed by atoms with Crippen LogP contribution in [0.1, 0.15) is 5.69 Å². The molecule has 2 heterocycles. The number of benzene rings is 1. The number of nitriles is 1. The van der Waals surface area contributed by atoms with Gasteiger partial charge < -0.3 is 0 Å². The van der Waals surface area contributed by atoms with Gasteiger partial charge in [0.2, 0.25) is 0 Å². The third-order valence-corrected chi connectivity index (χ3v) is 2.85. The first-order valence-corrected chi connectivity index (χ1v) is 5.83. The van der Waals surface area contributed by atoms with Crippen LogP contribution in [0.5, 0.6) is 0 Å². The van der Waals surface area contributed by atoms with Gasteiger partial charge in [-0.05, 0) is 35.9 Å². The molecule has 3 aromatic rings. The molecular weight excluding hydrogens is 236 g/mol. The lowest BCUT2D eigenvalue weighted by Crippen LogP contribution is -1.93. The number of nitrogens with zero attached hydrogens (tertiary/aromatic N) is 4. The van der Waals surface area contributed by atoms with Gasteiger partial charge in [-0.2, -0.15) is 10.4 Å². The van der Waals surface area contributed by atoms with Crippen LogP contribution in [-0.4, -0.2) is 14.8 Å². The molecule has 90 valence electrons. The quantitative estimate of drug-likeness (QED) is 0.698. The highest BCUT2D eigenvalue weighted by atomic mass is 15.3. The van der Waals surface area contributed by atoms with Crippen LogP contribution in [0.4, 0.5) is 0 Å². The SMILES string of the molecule is N#Cc1ccc(-c2ccc(-n3cccn3)cc2)cn1. The molecule has 0 radical (unpaired) electrons. The zero-order valence-corrected chi connectivity index (χ0v) is 10.1. The first-order chi connectivity index (χ1) is 9.36. The van der Waals surface area contributed by atoms with Crippen LogP contribution in [0.2, 0.25) is 0 Å². The van der Waals surface area contributed by atoms with Gasteiger partial charge in [-0.25, -0.2) is 9.67 Å². The predicted molar refractivity (Wildman–Crippen MR) is 71.5 cm³/mol. The topological polar surface area (TPSA) is 54.5 Å². The Hall–Kier alpha value is -2.93. The van der Waals surface area contributed by atoms with Crippen molar-refractivity contribution in [2.45, 2.75) is 0 Å². The van der Waals surface area contributed by atoms with Crippen LogP contribution in [0.3, 0.4) is 0 Å². The van der Waals surface area contributed by atoms with Crippen molar-refractivity contribution in [2.24, 2.45) is 0 Å². The maximum atomic E-state index is 8.72. The van der Waals surface area contributed by atoms with Crippen molar-refractivity contribution in [2.75, 3.05) is 0 Å². The molecule has 0 amide bonds. The Kier molecular flexibility index (Phi) is 2.79. The Bertz CT molecular complexity index is 704. The van der Waals surface area contributed by atoms with Crippen LogP contribution < -0.4 is 0 Å². The molecular formula is C15H10N4. The summed E-state index contributed by atoms with van der Waals surface area (Å²) in [7, 11) is 0. The third-order valence-electron chi connectivity index (χ3n) is 2.85. The van der Waals surface area contributed by atoms with Crippen LogP contribution in [-0.2, 0) is 0 Å². The van der Waals surface area contributed by atoms with Gasteiger partial charge in [0.05, 0.1) is 5.69 Å². The van der Waals surface area contributed by atoms with Crippen molar-refractivity contribution in [1.29, 1.82) is 5.26 Å². The van der Waals surface area contributed by atoms with E-state index >= 15 is 0 Å². The van der Waals surface area contributed by atoms with Gasteiger partial charge >= 0.3 is 0 Å². The Balaban J connectivity index is 1.92. The van der Waals surface area contributed by atoms with E-state index in [1.165, 1.54) is 0 Å². The summed E-state index contributed by atoms with van der Waals surface area (Å²) in [6.45, 7) is 0. The summed E-state index contributed by atoms with van der Waals surface area (Å²) in [5.74, 6) is 0. The summed E-state index contributed by atoms with van der Waals surface area (Å²) in [4.78, 5) is 4.07. The number of pyridine rings is 1. The molecule has 19 heavy (non-hydrogen) atoms. The molecule has 0 fully saturated rings. The Morgan fingerprint density at radius 1 is 1.00 bits per heavy atom. The predicted octanol–water partition coefficient (Wildman–Crippen LogP) is 2.81. The molecule has 0 atom stereocenters. The van der Waals surface area contributed by atoms with Crippen LogP contribution in [0.25, 0.3) is 16.8 Å². The van der Waals surface area contributed by atoms with E-state index in [-0.39, 0.29) is 0 Å². The van der Waals surface area contributed by atoms with Crippen LogP contribution in [0, 0.1) is 11.3 Å². The highest BCUT2D eigenvalue weighted by Gasteiger charge is 2.00. The van der Waals surface area contributed by atoms with Gasteiger partial charge in [0.25, 0.3) is 0 Å². The van der Waals surface area contributed by atoms with Crippen molar-refractivity contribution in [1.82, 2.24) is 14.8 Å². The first kappa shape index (κ1) is 11.2. The van der Waals surface area contributed by atoms with Crippen molar-refractivity contribution >= 4 is 0 Å². The number of aromatic nitrogens is 3. The molecule has 0 saturated heterocycles. The van der Waals surface area contributed by atoms with Crippen molar-refractivity contribution in [3.05, 3.63) is 66.7 Å². The fourth-order valence-corrected chi connectivity index (χ4v) is 1.86. The lowest BCUT2D eigenvalue weighted by Gasteiger charge is -2.04. The third kappa shape index (κ3) is 2.22. The molecule has 4 nitrogen and oxygen atoms in total. The van der Waals surface area contributed by atoms with E-state index in [0.717, 1.165) is 16.8 Å². The summed E-state index contributed by atoms with van der Waals surface area (Å²) in [5.41, 5.74) is 3.49. The molecule has 0 aliphatic heterocycles. The zero-order chi connectivity index (χ0) is 13.1.